The Labute approximate surface area is 160 Å². The number of hydrogen-bond donors (Lipinski definition) is 0. The van der Waals surface area contributed by atoms with Crippen molar-refractivity contribution in [3.63, 3.8) is 0 Å². The van der Waals surface area contributed by atoms with Gasteiger partial charge in [0.25, 0.3) is 0 Å². The second kappa shape index (κ2) is 8.95. The Kier molecular flexibility index (Phi) is 6.91. The lowest BCUT2D eigenvalue weighted by Gasteiger charge is -2.60. The second-order valence-electron chi connectivity index (χ2n) is 8.99. The van der Waals surface area contributed by atoms with Crippen LogP contribution in [-0.2, 0) is 6.42 Å². The van der Waals surface area contributed by atoms with Gasteiger partial charge in [-0.1, -0.05) is 44.2 Å². The van der Waals surface area contributed by atoms with Crippen molar-refractivity contribution in [2.45, 2.75) is 52.4 Å². The first-order valence-electron chi connectivity index (χ1n) is 10.4. The molecule has 3 saturated carbocycles. The van der Waals surface area contributed by atoms with Crippen LogP contribution in [0.15, 0.2) is 30.3 Å². The maximum absolute atomic E-state index is 2.52. The number of rotatable bonds is 10. The molecule has 25 heavy (non-hydrogen) atoms. The van der Waals surface area contributed by atoms with Crippen molar-refractivity contribution in [3.8, 4) is 0 Å². The molecule has 0 amide bonds. The first-order chi connectivity index (χ1) is 12.1. The van der Waals surface area contributed by atoms with Crippen LogP contribution in [0.1, 0.15) is 51.5 Å². The third kappa shape index (κ3) is 5.04. The van der Waals surface area contributed by atoms with Crippen molar-refractivity contribution in [2.24, 2.45) is 23.2 Å². The molecule has 3 fully saturated rings. The van der Waals surface area contributed by atoms with E-state index in [0.717, 1.165) is 17.8 Å². The molecule has 1 aromatic carbocycles. The van der Waals surface area contributed by atoms with E-state index < -0.39 is 0 Å². The van der Waals surface area contributed by atoms with E-state index in [4.69, 9.17) is 0 Å². The number of hydrogen-bond acceptors (Lipinski definition) is 2. The third-order valence-electron chi connectivity index (χ3n) is 7.09. The van der Waals surface area contributed by atoms with Crippen LogP contribution in [0.4, 0.5) is 0 Å². The lowest BCUT2D eigenvalue weighted by atomic mass is 9.45. The number of likely N-dealkylation sites (N-methyl/N-ethyl adjacent to an activating group) is 1. The van der Waals surface area contributed by atoms with E-state index in [1.165, 1.54) is 68.7 Å². The highest BCUT2D eigenvalue weighted by Gasteiger charge is 2.53. The lowest BCUT2D eigenvalue weighted by molar-refractivity contribution is -0.105. The molecule has 4 rings (SSSR count). The Balaban J connectivity index is 1.21. The smallest absolute Gasteiger partial charge is 0.00188 e. The fraction of sp³-hybridized carbons (Fsp3) is 0.739. The van der Waals surface area contributed by atoms with Gasteiger partial charge in [-0.15, -0.1) is 0 Å². The van der Waals surface area contributed by atoms with Gasteiger partial charge in [-0.05, 0) is 92.4 Å². The fourth-order valence-electron chi connectivity index (χ4n) is 5.16. The SMILES string of the molecule is CN(CCCSCC[C@@H]1CC[C@H]2C[C@H]1C2(C)C)CCc1ccccc1. The molecule has 0 heterocycles. The fourth-order valence-corrected chi connectivity index (χ4v) is 6.16. The molecular formula is C23H37NS. The van der Waals surface area contributed by atoms with Gasteiger partial charge in [0.15, 0.2) is 0 Å². The molecule has 1 aromatic rings. The average Bonchev–Trinajstić information content (AvgIpc) is 2.63. The van der Waals surface area contributed by atoms with Crippen molar-refractivity contribution in [3.05, 3.63) is 35.9 Å². The standard InChI is InChI=1S/C23H37NS/c1-23(2)21-11-10-20(22(23)18-21)13-17-25-16-7-14-24(3)15-12-19-8-5-4-6-9-19/h4-6,8-9,20-22H,7,10-18H2,1-3H3/t20-,21-,22+/m0/s1. The summed E-state index contributed by atoms with van der Waals surface area (Å²) in [7, 11) is 2.27. The molecule has 3 aliphatic carbocycles. The predicted molar refractivity (Wildman–Crippen MR) is 112 cm³/mol. The minimum Gasteiger partial charge on any atom is -0.306 e. The zero-order valence-corrected chi connectivity index (χ0v) is 17.4. The molecule has 0 radical (unpaired) electrons. The predicted octanol–water partition coefficient (Wildman–Crippen LogP) is 5.75. The first-order valence-corrected chi connectivity index (χ1v) is 11.5. The highest BCUT2D eigenvalue weighted by Crippen LogP contribution is 2.62. The molecule has 140 valence electrons. The molecule has 0 N–H and O–H groups in total. The van der Waals surface area contributed by atoms with Gasteiger partial charge in [0.2, 0.25) is 0 Å². The van der Waals surface area contributed by atoms with Crippen LogP contribution in [0.2, 0.25) is 0 Å². The van der Waals surface area contributed by atoms with Crippen LogP contribution in [-0.4, -0.2) is 36.5 Å². The Morgan fingerprint density at radius 2 is 1.88 bits per heavy atom. The second-order valence-corrected chi connectivity index (χ2v) is 10.2. The molecule has 0 aliphatic heterocycles. The van der Waals surface area contributed by atoms with Crippen molar-refractivity contribution in [1.82, 2.24) is 4.90 Å². The monoisotopic (exact) mass is 359 g/mol. The molecule has 0 spiro atoms. The number of fused-ring (bicyclic) bond motifs is 2. The third-order valence-corrected chi connectivity index (χ3v) is 8.19. The van der Waals surface area contributed by atoms with Gasteiger partial charge in [0.05, 0.1) is 0 Å². The lowest BCUT2D eigenvalue weighted by Crippen LogP contribution is -2.52. The molecule has 2 bridgehead atoms. The summed E-state index contributed by atoms with van der Waals surface area (Å²) < 4.78 is 0. The molecule has 0 aromatic heterocycles. The number of nitrogens with zero attached hydrogens (tertiary/aromatic N) is 1. The summed E-state index contributed by atoms with van der Waals surface area (Å²) in [5.41, 5.74) is 2.12. The molecule has 2 heteroatoms. The number of benzene rings is 1. The number of thioether (sulfide) groups is 1. The van der Waals surface area contributed by atoms with E-state index >= 15 is 0 Å². The summed E-state index contributed by atoms with van der Waals surface area (Å²) in [5, 5.41) is 0. The van der Waals surface area contributed by atoms with Gasteiger partial charge in [-0.2, -0.15) is 11.8 Å². The minimum atomic E-state index is 0.662. The van der Waals surface area contributed by atoms with Crippen LogP contribution in [0, 0.1) is 23.2 Å². The van der Waals surface area contributed by atoms with Crippen molar-refractivity contribution >= 4 is 11.8 Å². The zero-order valence-electron chi connectivity index (χ0n) is 16.5. The Hall–Kier alpha value is -0.470. The molecular weight excluding hydrogens is 322 g/mol. The van der Waals surface area contributed by atoms with Crippen LogP contribution < -0.4 is 0 Å². The van der Waals surface area contributed by atoms with Crippen molar-refractivity contribution in [1.29, 1.82) is 0 Å². The van der Waals surface area contributed by atoms with Crippen LogP contribution in [0.3, 0.4) is 0 Å². The van der Waals surface area contributed by atoms with E-state index in [1.54, 1.807) is 0 Å². The van der Waals surface area contributed by atoms with Crippen LogP contribution in [0.5, 0.6) is 0 Å². The molecule has 0 saturated heterocycles. The topological polar surface area (TPSA) is 3.24 Å². The molecule has 1 nitrogen and oxygen atoms in total. The quantitative estimate of drug-likeness (QED) is 0.490. The molecule has 3 atom stereocenters. The normalized spacial score (nSPS) is 27.3. The van der Waals surface area contributed by atoms with E-state index in [9.17, 15) is 0 Å². The zero-order chi connectivity index (χ0) is 17.7. The Morgan fingerprint density at radius 1 is 1.08 bits per heavy atom. The van der Waals surface area contributed by atoms with Gasteiger partial charge in [0.1, 0.15) is 0 Å². The summed E-state index contributed by atoms with van der Waals surface area (Å²) in [5.74, 6) is 5.83. The Bertz CT molecular complexity index is 510. The summed E-state index contributed by atoms with van der Waals surface area (Å²) in [6.07, 6.45) is 8.53. The summed E-state index contributed by atoms with van der Waals surface area (Å²) in [6.45, 7) is 7.46. The van der Waals surface area contributed by atoms with E-state index in [1.807, 2.05) is 0 Å². The Morgan fingerprint density at radius 3 is 2.60 bits per heavy atom. The van der Waals surface area contributed by atoms with E-state index in [-0.39, 0.29) is 0 Å². The van der Waals surface area contributed by atoms with Crippen LogP contribution in [0.25, 0.3) is 0 Å². The summed E-state index contributed by atoms with van der Waals surface area (Å²) >= 11 is 2.20. The summed E-state index contributed by atoms with van der Waals surface area (Å²) in [4.78, 5) is 2.49. The molecule has 3 aliphatic rings. The molecule has 0 unspecified atom stereocenters. The van der Waals surface area contributed by atoms with Crippen molar-refractivity contribution in [2.75, 3.05) is 31.6 Å². The van der Waals surface area contributed by atoms with Gasteiger partial charge in [0, 0.05) is 6.54 Å². The average molecular weight is 360 g/mol. The highest BCUT2D eigenvalue weighted by atomic mass is 32.2. The van der Waals surface area contributed by atoms with E-state index in [2.05, 4.69) is 67.9 Å². The first kappa shape index (κ1) is 19.3. The van der Waals surface area contributed by atoms with Gasteiger partial charge >= 0.3 is 0 Å². The minimum absolute atomic E-state index is 0.662. The van der Waals surface area contributed by atoms with Crippen LogP contribution >= 0.6 is 11.8 Å². The maximum atomic E-state index is 2.52. The maximum Gasteiger partial charge on any atom is 0.00188 e. The highest BCUT2D eigenvalue weighted by molar-refractivity contribution is 7.99. The van der Waals surface area contributed by atoms with E-state index in [0.29, 0.717) is 5.41 Å². The largest absolute Gasteiger partial charge is 0.306 e. The van der Waals surface area contributed by atoms with Crippen molar-refractivity contribution < 1.29 is 0 Å². The van der Waals surface area contributed by atoms with Gasteiger partial charge in [-0.25, -0.2) is 0 Å². The van der Waals surface area contributed by atoms with Gasteiger partial charge in [-0.3, -0.25) is 0 Å². The summed E-state index contributed by atoms with van der Waals surface area (Å²) in [6, 6.07) is 10.9. The van der Waals surface area contributed by atoms with Gasteiger partial charge < -0.3 is 4.90 Å².